The van der Waals surface area contributed by atoms with Crippen LogP contribution in [-0.4, -0.2) is 104 Å². The van der Waals surface area contributed by atoms with Crippen molar-refractivity contribution in [3.8, 4) is 0 Å². The molecule has 0 amide bonds. The molecule has 13 aliphatic rings. The van der Waals surface area contributed by atoms with Crippen molar-refractivity contribution in [2.24, 2.45) is 119 Å². The summed E-state index contributed by atoms with van der Waals surface area (Å²) in [6.07, 6.45) is 32.2. The zero-order chi connectivity index (χ0) is 73.3. The Morgan fingerprint density at radius 1 is 0.351 bits per heavy atom. The summed E-state index contributed by atoms with van der Waals surface area (Å²) >= 11 is 0. The fourth-order valence-electron chi connectivity index (χ4n) is 22.4. The normalized spacial score (nSPS) is 33.5. The summed E-state index contributed by atoms with van der Waals surface area (Å²) in [6.45, 7) is 79.6. The number of hydrogen-bond acceptors (Lipinski definition) is 8. The number of ether oxygens (including phenoxy) is 8. The second-order valence-electron chi connectivity index (χ2n) is 40.1. The summed E-state index contributed by atoms with van der Waals surface area (Å²) in [7, 11) is 0. The van der Waals surface area contributed by atoms with E-state index >= 15 is 0 Å². The predicted octanol–water partition coefficient (Wildman–Crippen LogP) is 24.8. The van der Waals surface area contributed by atoms with Crippen molar-refractivity contribution >= 4 is 0 Å². The molecule has 13 rings (SSSR count). The molecule has 0 heterocycles. The van der Waals surface area contributed by atoms with Crippen molar-refractivity contribution < 1.29 is 37.9 Å². The van der Waals surface area contributed by atoms with Gasteiger partial charge in [-0.25, -0.2) is 0 Å². The third-order valence-corrected chi connectivity index (χ3v) is 29.1. The van der Waals surface area contributed by atoms with E-state index < -0.39 is 0 Å². The Balaban J connectivity index is 0.000000236. The van der Waals surface area contributed by atoms with Gasteiger partial charge in [0, 0.05) is 72.7 Å². The zero-order valence-corrected chi connectivity index (χ0v) is 70.9. The minimum absolute atomic E-state index is 0.359. The first-order valence-corrected chi connectivity index (χ1v) is 41.8. The smallest absolute Gasteiger partial charge is 0.0676 e. The summed E-state index contributed by atoms with van der Waals surface area (Å²) in [4.78, 5) is 0. The third-order valence-electron chi connectivity index (χ3n) is 29.1. The fraction of sp³-hybridized carbons (Fsp3) is 1.00. The largest absolute Gasteiger partial charge is 0.382 e. The van der Waals surface area contributed by atoms with E-state index in [9.17, 15) is 0 Å². The van der Waals surface area contributed by atoms with Gasteiger partial charge in [0.2, 0.25) is 0 Å². The highest BCUT2D eigenvalue weighted by molar-refractivity contribution is 5.12. The maximum Gasteiger partial charge on any atom is 0.0676 e. The van der Waals surface area contributed by atoms with Crippen molar-refractivity contribution in [3.05, 3.63) is 0 Å². The molecule has 11 unspecified atom stereocenters. The molecule has 0 N–H and O–H groups in total. The first kappa shape index (κ1) is 89.1. The number of fused-ring (bicyclic) bond motifs is 8. The Bertz CT molecular complexity index is 2110. The van der Waals surface area contributed by atoms with Crippen molar-refractivity contribution in [2.75, 3.05) is 79.3 Å². The minimum atomic E-state index is 0.359. The molecule has 0 saturated heterocycles. The van der Waals surface area contributed by atoms with E-state index in [0.29, 0.717) is 84.0 Å². The van der Waals surface area contributed by atoms with Crippen molar-refractivity contribution in [1.29, 1.82) is 0 Å². The molecule has 0 aromatic rings. The van der Waals surface area contributed by atoms with Crippen LogP contribution < -0.4 is 0 Å². The highest BCUT2D eigenvalue weighted by atomic mass is 16.5. The second kappa shape index (κ2) is 38.3. The van der Waals surface area contributed by atoms with Crippen LogP contribution in [0.5, 0.6) is 0 Å². The van der Waals surface area contributed by atoms with Gasteiger partial charge in [-0.2, -0.15) is 0 Å². The van der Waals surface area contributed by atoms with Crippen LogP contribution in [0.2, 0.25) is 0 Å². The standard InChI is InChI=1S/C13H24O.2C12H22O.C12H24O.C11H20O.C11H22O.C9H18O.C9H20O/c1-6-14-11-9-7-8-10(12(9,2)3)13(11,4)5;1-4-13-8-9-5-10-7-11(6-9)12(10,2)3;1-4-13-8-9-5-6-10-7-11(9)12(10,2)3;1-6-13-10-11(2,3)8-7-9-12(10,4)5;1-4-12-10-8-5-6-9(7-8)11(10,2)3;1-6-12-9-10(2,3)7-8-11(9,4)5;1-3-10-8-9(2)6-4-5-7-9;1-5-9(3,4)7-8-10-6-2/h9-11H,6-8H2,1-5H3;2*9-11H,4-8H2,1-3H3;10H,6-9H2,1-5H3;8-10H,4-7H2,1-3H3;9H,6-8H2,1-5H3;3-8H2,1-2H3;5-8H2,1-4H3. The molecule has 11 atom stereocenters. The Morgan fingerprint density at radius 2 is 0.825 bits per heavy atom. The van der Waals surface area contributed by atoms with Gasteiger partial charge in [-0.15, -0.1) is 0 Å². The quantitative estimate of drug-likeness (QED) is 0.0993. The average molecular weight is 1370 g/mol. The molecule has 13 saturated carbocycles. The van der Waals surface area contributed by atoms with Gasteiger partial charge in [-0.05, 0) is 290 Å². The van der Waals surface area contributed by atoms with Crippen LogP contribution in [0.15, 0.2) is 0 Å². The molecule has 97 heavy (non-hydrogen) atoms. The molecule has 0 spiro atoms. The molecule has 0 aliphatic heterocycles. The van der Waals surface area contributed by atoms with Crippen LogP contribution >= 0.6 is 0 Å². The molecule has 0 radical (unpaired) electrons. The van der Waals surface area contributed by atoms with Crippen molar-refractivity contribution in [1.82, 2.24) is 0 Å². The molecular weight excluding hydrogens is 1200 g/mol. The van der Waals surface area contributed by atoms with Crippen LogP contribution in [0.25, 0.3) is 0 Å². The van der Waals surface area contributed by atoms with Crippen LogP contribution in [0.3, 0.4) is 0 Å². The maximum atomic E-state index is 5.99. The van der Waals surface area contributed by atoms with Gasteiger partial charge in [-0.3, -0.25) is 0 Å². The molecule has 13 aliphatic carbocycles. The monoisotopic (exact) mass is 1370 g/mol. The fourth-order valence-corrected chi connectivity index (χ4v) is 22.4. The molecular formula is C89H172O8. The lowest BCUT2D eigenvalue weighted by molar-refractivity contribution is -0.123. The Morgan fingerprint density at radius 3 is 1.25 bits per heavy atom. The highest BCUT2D eigenvalue weighted by Crippen LogP contribution is 2.67. The summed E-state index contributed by atoms with van der Waals surface area (Å²) in [5, 5.41) is 0. The van der Waals surface area contributed by atoms with Gasteiger partial charge in [0.25, 0.3) is 0 Å². The number of hydrogen-bond donors (Lipinski definition) is 0. The topological polar surface area (TPSA) is 73.8 Å². The first-order valence-electron chi connectivity index (χ1n) is 41.8. The minimum Gasteiger partial charge on any atom is -0.382 e. The molecule has 8 nitrogen and oxygen atoms in total. The summed E-state index contributed by atoms with van der Waals surface area (Å²) in [6, 6.07) is 0. The Hall–Kier alpha value is -0.320. The number of rotatable bonds is 22. The SMILES string of the molecule is CCOC1C(C)(C)CCC1(C)C.CCOC1C(C)(C)CCCC1(C)C.CCOC1C2CCC(C2(C)C)C1(C)C.CCOC1C2CCC(C2)C1(C)C.CCOCC1(C)CCCC1.CCOCC1CC2CC(C1)C2(C)C.CCOCC1CCC2CC1C2(C)C.CCOCCC(C)(C)CC. The Kier molecular flexibility index (Phi) is 35.2. The van der Waals surface area contributed by atoms with E-state index in [1.54, 1.807) is 0 Å². The van der Waals surface area contributed by atoms with Crippen LogP contribution in [0, 0.1) is 119 Å². The van der Waals surface area contributed by atoms with Gasteiger partial charge in [0.05, 0.1) is 31.0 Å². The van der Waals surface area contributed by atoms with Crippen molar-refractivity contribution in [2.45, 2.75) is 373 Å². The van der Waals surface area contributed by atoms with Crippen LogP contribution in [0.4, 0.5) is 0 Å². The third kappa shape index (κ3) is 23.6. The molecule has 8 bridgehead atoms. The molecule has 13 fully saturated rings. The predicted molar refractivity (Wildman–Crippen MR) is 416 cm³/mol. The van der Waals surface area contributed by atoms with E-state index in [-0.39, 0.29) is 0 Å². The molecule has 8 heteroatoms. The van der Waals surface area contributed by atoms with Gasteiger partial charge >= 0.3 is 0 Å². The summed E-state index contributed by atoms with van der Waals surface area (Å²) < 4.78 is 45.3. The van der Waals surface area contributed by atoms with E-state index in [1.807, 2.05) is 6.92 Å². The van der Waals surface area contributed by atoms with E-state index in [1.165, 1.54) is 141 Å². The zero-order valence-electron chi connectivity index (χ0n) is 70.9. The average Bonchev–Trinajstić information content (AvgIpc) is 0.897. The van der Waals surface area contributed by atoms with Crippen molar-refractivity contribution in [3.63, 3.8) is 0 Å². The lowest BCUT2D eigenvalue weighted by atomic mass is 9.46. The van der Waals surface area contributed by atoms with Gasteiger partial charge in [0.1, 0.15) is 0 Å². The summed E-state index contributed by atoms with van der Waals surface area (Å²) in [5.74, 6) is 9.18. The highest BCUT2D eigenvalue weighted by Gasteiger charge is 2.63. The molecule has 0 aromatic carbocycles. The molecule has 576 valence electrons. The van der Waals surface area contributed by atoms with Crippen LogP contribution in [-0.2, 0) is 37.9 Å². The molecule has 0 aromatic heterocycles. The lowest BCUT2D eigenvalue weighted by Crippen LogP contribution is -2.53. The summed E-state index contributed by atoms with van der Waals surface area (Å²) in [5.41, 5.74) is 5.09. The second-order valence-corrected chi connectivity index (χ2v) is 40.1. The van der Waals surface area contributed by atoms with Crippen LogP contribution in [0.1, 0.15) is 349 Å². The maximum absolute atomic E-state index is 5.99. The van der Waals surface area contributed by atoms with Gasteiger partial charge < -0.3 is 37.9 Å². The van der Waals surface area contributed by atoms with E-state index in [0.717, 1.165) is 138 Å². The Labute approximate surface area is 606 Å². The van der Waals surface area contributed by atoms with Gasteiger partial charge in [0.15, 0.2) is 0 Å². The first-order chi connectivity index (χ1) is 45.1. The van der Waals surface area contributed by atoms with E-state index in [4.69, 9.17) is 37.9 Å². The van der Waals surface area contributed by atoms with E-state index in [2.05, 4.69) is 201 Å². The van der Waals surface area contributed by atoms with Gasteiger partial charge in [-0.1, -0.05) is 178 Å². The lowest BCUT2D eigenvalue weighted by Gasteiger charge is -2.60.